The van der Waals surface area contributed by atoms with Crippen molar-refractivity contribution < 1.29 is 27.6 Å². The largest absolute Gasteiger partial charge is 0.427 e. The summed E-state index contributed by atoms with van der Waals surface area (Å²) in [5.74, 6) is -1.15. The van der Waals surface area contributed by atoms with Gasteiger partial charge in [0.15, 0.2) is 0 Å². The highest BCUT2D eigenvalue weighted by Crippen LogP contribution is 2.35. The molecule has 10 heteroatoms. The van der Waals surface area contributed by atoms with Gasteiger partial charge in [0.05, 0.1) is 11.0 Å². The third kappa shape index (κ3) is 4.76. The minimum atomic E-state index is -3.21. The maximum absolute atomic E-state index is 13.7. The topological polar surface area (TPSA) is 84.7 Å². The Bertz CT molecular complexity index is 939. The SMILES string of the molecule is CC(=O)N1CCC(Nc2ccc([N+](=O)[O-])c(OC(F)F)c2)c2ccc(F)cc2C1. The first-order valence-corrected chi connectivity index (χ1v) is 8.78. The molecule has 2 aromatic rings. The molecule has 154 valence electrons. The van der Waals surface area contributed by atoms with E-state index in [1.165, 1.54) is 25.1 Å². The molecule has 29 heavy (non-hydrogen) atoms. The van der Waals surface area contributed by atoms with Gasteiger partial charge in [-0.15, -0.1) is 0 Å². The number of rotatable bonds is 5. The van der Waals surface area contributed by atoms with Crippen LogP contribution < -0.4 is 10.1 Å². The van der Waals surface area contributed by atoms with E-state index in [9.17, 15) is 28.1 Å². The summed E-state index contributed by atoms with van der Waals surface area (Å²) in [6.45, 7) is -1.14. The van der Waals surface area contributed by atoms with E-state index in [4.69, 9.17) is 0 Å². The highest BCUT2D eigenvalue weighted by molar-refractivity contribution is 5.73. The molecule has 0 fully saturated rings. The van der Waals surface area contributed by atoms with Crippen LogP contribution in [0, 0.1) is 15.9 Å². The Labute approximate surface area is 164 Å². The van der Waals surface area contributed by atoms with Gasteiger partial charge in [0.2, 0.25) is 11.7 Å². The molecule has 0 bridgehead atoms. The summed E-state index contributed by atoms with van der Waals surface area (Å²) in [5, 5.41) is 14.2. The Kier molecular flexibility index (Phi) is 5.90. The minimum absolute atomic E-state index is 0.149. The lowest BCUT2D eigenvalue weighted by Crippen LogP contribution is -2.28. The van der Waals surface area contributed by atoms with Crippen molar-refractivity contribution in [1.29, 1.82) is 0 Å². The molecule has 1 heterocycles. The fourth-order valence-electron chi connectivity index (χ4n) is 3.34. The van der Waals surface area contributed by atoms with Crippen LogP contribution in [0.25, 0.3) is 0 Å². The number of benzene rings is 2. The molecule has 1 amide bonds. The van der Waals surface area contributed by atoms with Crippen molar-refractivity contribution in [2.24, 2.45) is 0 Å². The zero-order valence-electron chi connectivity index (χ0n) is 15.4. The summed E-state index contributed by atoms with van der Waals surface area (Å²) in [7, 11) is 0. The molecule has 1 atom stereocenters. The summed E-state index contributed by atoms with van der Waals surface area (Å²) < 4.78 is 43.3. The Morgan fingerprint density at radius 3 is 2.72 bits per heavy atom. The normalized spacial score (nSPS) is 16.2. The predicted molar refractivity (Wildman–Crippen MR) is 98.2 cm³/mol. The number of carbonyl (C=O) groups is 1. The van der Waals surface area contributed by atoms with E-state index >= 15 is 0 Å². The second-order valence-corrected chi connectivity index (χ2v) is 6.59. The van der Waals surface area contributed by atoms with E-state index in [0.29, 0.717) is 24.2 Å². The number of anilines is 1. The summed E-state index contributed by atoms with van der Waals surface area (Å²) in [6.07, 6.45) is 0.472. The fourth-order valence-corrected chi connectivity index (χ4v) is 3.34. The van der Waals surface area contributed by atoms with Crippen molar-refractivity contribution in [1.82, 2.24) is 4.90 Å². The average Bonchev–Trinajstić information content (AvgIpc) is 2.80. The molecule has 7 nitrogen and oxygen atoms in total. The second-order valence-electron chi connectivity index (χ2n) is 6.59. The number of hydrogen-bond acceptors (Lipinski definition) is 5. The van der Waals surface area contributed by atoms with Crippen LogP contribution in [0.1, 0.15) is 30.5 Å². The van der Waals surface area contributed by atoms with Gasteiger partial charge in [0.1, 0.15) is 5.82 Å². The van der Waals surface area contributed by atoms with Crippen LogP contribution in [0.15, 0.2) is 36.4 Å². The van der Waals surface area contributed by atoms with Gasteiger partial charge < -0.3 is 15.0 Å². The highest BCUT2D eigenvalue weighted by Gasteiger charge is 2.25. The second kappa shape index (κ2) is 8.38. The lowest BCUT2D eigenvalue weighted by atomic mass is 9.98. The molecule has 1 aliphatic heterocycles. The lowest BCUT2D eigenvalue weighted by Gasteiger charge is -2.21. The van der Waals surface area contributed by atoms with E-state index in [2.05, 4.69) is 10.1 Å². The zero-order chi connectivity index (χ0) is 21.1. The number of halogens is 3. The Morgan fingerprint density at radius 2 is 2.07 bits per heavy atom. The van der Waals surface area contributed by atoms with Crippen LogP contribution in [-0.2, 0) is 11.3 Å². The van der Waals surface area contributed by atoms with Crippen molar-refractivity contribution >= 4 is 17.3 Å². The number of hydrogen-bond donors (Lipinski definition) is 1. The molecule has 1 unspecified atom stereocenters. The minimum Gasteiger partial charge on any atom is -0.427 e. The third-order valence-corrected chi connectivity index (χ3v) is 4.69. The highest BCUT2D eigenvalue weighted by atomic mass is 19.3. The Balaban J connectivity index is 1.93. The molecule has 0 aromatic heterocycles. The molecular weight excluding hydrogens is 391 g/mol. The van der Waals surface area contributed by atoms with Gasteiger partial charge in [0, 0.05) is 37.8 Å². The summed E-state index contributed by atoms with van der Waals surface area (Å²) >= 11 is 0. The zero-order valence-corrected chi connectivity index (χ0v) is 15.4. The molecule has 1 aliphatic rings. The van der Waals surface area contributed by atoms with E-state index in [-0.39, 0.29) is 18.5 Å². The van der Waals surface area contributed by atoms with Crippen molar-refractivity contribution in [3.8, 4) is 5.75 Å². The maximum atomic E-state index is 13.7. The Hall–Kier alpha value is -3.30. The van der Waals surface area contributed by atoms with Gasteiger partial charge in [0.25, 0.3) is 0 Å². The number of fused-ring (bicyclic) bond motifs is 1. The third-order valence-electron chi connectivity index (χ3n) is 4.69. The van der Waals surface area contributed by atoms with Gasteiger partial charge in [-0.05, 0) is 35.7 Å². The van der Waals surface area contributed by atoms with Crippen molar-refractivity contribution in [3.63, 3.8) is 0 Å². The quantitative estimate of drug-likeness (QED) is 0.590. The predicted octanol–water partition coefficient (Wildman–Crippen LogP) is 4.24. The number of nitrogens with zero attached hydrogens (tertiary/aromatic N) is 2. The monoisotopic (exact) mass is 409 g/mol. The molecule has 1 N–H and O–H groups in total. The number of nitrogens with one attached hydrogen (secondary N) is 1. The van der Waals surface area contributed by atoms with Crippen LogP contribution >= 0.6 is 0 Å². The number of nitro benzene ring substituents is 1. The first-order valence-electron chi connectivity index (χ1n) is 8.78. The summed E-state index contributed by atoms with van der Waals surface area (Å²) in [6, 6.07) is 7.48. The van der Waals surface area contributed by atoms with Crippen molar-refractivity contribution in [2.75, 3.05) is 11.9 Å². The number of alkyl halides is 2. The van der Waals surface area contributed by atoms with E-state index in [1.54, 1.807) is 11.0 Å². The lowest BCUT2D eigenvalue weighted by molar-refractivity contribution is -0.386. The number of carbonyl (C=O) groups excluding carboxylic acids is 1. The summed E-state index contributed by atoms with van der Waals surface area (Å²) in [4.78, 5) is 23.6. The van der Waals surface area contributed by atoms with Crippen LogP contribution in [0.4, 0.5) is 24.5 Å². The number of nitro groups is 1. The smallest absolute Gasteiger partial charge is 0.387 e. The van der Waals surface area contributed by atoms with Crippen molar-refractivity contribution in [3.05, 3.63) is 63.5 Å². The Morgan fingerprint density at radius 1 is 1.31 bits per heavy atom. The first-order chi connectivity index (χ1) is 13.7. The van der Waals surface area contributed by atoms with Gasteiger partial charge in [-0.1, -0.05) is 6.07 Å². The first kappa shape index (κ1) is 20.4. The van der Waals surface area contributed by atoms with Crippen LogP contribution in [0.5, 0.6) is 5.75 Å². The molecule has 0 saturated carbocycles. The molecule has 0 saturated heterocycles. The van der Waals surface area contributed by atoms with E-state index in [1.807, 2.05) is 0 Å². The molecule has 3 rings (SSSR count). The summed E-state index contributed by atoms with van der Waals surface area (Å²) in [5.41, 5.74) is 1.12. The van der Waals surface area contributed by atoms with E-state index in [0.717, 1.165) is 17.7 Å². The van der Waals surface area contributed by atoms with Crippen molar-refractivity contribution in [2.45, 2.75) is 32.5 Å². The van der Waals surface area contributed by atoms with Gasteiger partial charge >= 0.3 is 12.3 Å². The molecule has 0 spiro atoms. The standard InChI is InChI=1S/C19H18F3N3O4/c1-11(26)24-7-6-16(15-4-2-13(20)8-12(15)10-24)23-14-3-5-17(25(27)28)18(9-14)29-19(21)22/h2-5,8-9,16,19,23H,6-7,10H2,1H3. The molecule has 2 aromatic carbocycles. The van der Waals surface area contributed by atoms with Crippen LogP contribution in [0.2, 0.25) is 0 Å². The van der Waals surface area contributed by atoms with Gasteiger partial charge in [-0.25, -0.2) is 4.39 Å². The van der Waals surface area contributed by atoms with Crippen LogP contribution in [-0.4, -0.2) is 28.9 Å². The van der Waals surface area contributed by atoms with Crippen LogP contribution in [0.3, 0.4) is 0 Å². The van der Waals surface area contributed by atoms with E-state index < -0.39 is 28.8 Å². The van der Waals surface area contributed by atoms with Gasteiger partial charge in [-0.3, -0.25) is 14.9 Å². The average molecular weight is 409 g/mol. The molecule has 0 aliphatic carbocycles. The number of amides is 1. The fraction of sp³-hybridized carbons (Fsp3) is 0.316. The maximum Gasteiger partial charge on any atom is 0.387 e. The number of ether oxygens (including phenoxy) is 1. The molecule has 0 radical (unpaired) electrons. The van der Waals surface area contributed by atoms with Gasteiger partial charge in [-0.2, -0.15) is 8.78 Å². The molecular formula is C19H18F3N3O4.